The lowest BCUT2D eigenvalue weighted by Crippen LogP contribution is -2.55. The van der Waals surface area contributed by atoms with Gasteiger partial charge >= 0.3 is 6.09 Å². The minimum absolute atomic E-state index is 0.00325. The number of benzene rings is 1. The van der Waals surface area contributed by atoms with Gasteiger partial charge < -0.3 is 39.5 Å². The van der Waals surface area contributed by atoms with Crippen LogP contribution in [0.1, 0.15) is 134 Å². The molecule has 1 aromatic carbocycles. The molecule has 5 rings (SSSR count). The maximum atomic E-state index is 14.6. The Labute approximate surface area is 503 Å². The van der Waals surface area contributed by atoms with Gasteiger partial charge in [0.05, 0.1) is 59.3 Å². The summed E-state index contributed by atoms with van der Waals surface area (Å²) in [5, 5.41) is 6.17. The SMILES string of the molecule is CC[C@H](C)[C@@H]([C@@H](CC(=O)N1CCC[C@H]1[C@H](OC)[C@@H](C)C(=O)N[C@@H](Cc1ccc(OC(=O)N2CCC(CNC(=O)c3cc(CBr)nc(CBr)c3)CC2)cc1)C(=O)NS(=O)(=O)C1CC1)OC)N(C)C(=O)[C@@H](CC(=O)[C@H](C(C)C)N(C)C)C(C)C. The summed E-state index contributed by atoms with van der Waals surface area (Å²) in [4.78, 5) is 109. The molecule has 20 nitrogen and oxygen atoms in total. The molecule has 3 fully saturated rings. The Hall–Kier alpha value is -4.55. The van der Waals surface area contributed by atoms with Crippen LogP contribution in [0, 0.1) is 35.5 Å². The van der Waals surface area contributed by atoms with E-state index >= 15 is 0 Å². The lowest BCUT2D eigenvalue weighted by Gasteiger charge is -2.41. The predicted octanol–water partition coefficient (Wildman–Crippen LogP) is 6.89. The molecular formula is C59H90Br2N8O12S. The van der Waals surface area contributed by atoms with Gasteiger partial charge in [-0.15, -0.1) is 0 Å². The molecule has 0 radical (unpaired) electrons. The van der Waals surface area contributed by atoms with Crippen molar-refractivity contribution in [2.24, 2.45) is 35.5 Å². The van der Waals surface area contributed by atoms with E-state index in [1.165, 1.54) is 14.2 Å². The average Bonchev–Trinajstić information content (AvgIpc) is 4.31. The highest BCUT2D eigenvalue weighted by Crippen LogP contribution is 2.32. The van der Waals surface area contributed by atoms with Gasteiger partial charge in [0.15, 0.2) is 5.78 Å². The van der Waals surface area contributed by atoms with Gasteiger partial charge in [-0.1, -0.05) is 98.9 Å². The molecule has 1 aromatic heterocycles. The third kappa shape index (κ3) is 18.5. The number of aromatic nitrogens is 1. The molecule has 1 saturated carbocycles. The van der Waals surface area contributed by atoms with Gasteiger partial charge in [-0.2, -0.15) is 0 Å². The minimum Gasteiger partial charge on any atom is -0.410 e. The van der Waals surface area contributed by atoms with E-state index in [1.54, 1.807) is 65.1 Å². The van der Waals surface area contributed by atoms with Gasteiger partial charge in [0, 0.05) is 82.4 Å². The quantitative estimate of drug-likeness (QED) is 0.0676. The molecule has 3 N–H and O–H groups in total. The highest BCUT2D eigenvalue weighted by atomic mass is 79.9. The predicted molar refractivity (Wildman–Crippen MR) is 321 cm³/mol. The zero-order chi connectivity index (χ0) is 60.7. The highest BCUT2D eigenvalue weighted by molar-refractivity contribution is 9.08. The molecule has 3 aliphatic rings. The normalized spacial score (nSPS) is 19.0. The van der Waals surface area contributed by atoms with Crippen molar-refractivity contribution in [3.8, 4) is 5.75 Å². The van der Waals surface area contributed by atoms with E-state index in [-0.39, 0.29) is 78.2 Å². The summed E-state index contributed by atoms with van der Waals surface area (Å²) in [6.45, 7) is 15.3. The summed E-state index contributed by atoms with van der Waals surface area (Å²) in [5.41, 5.74) is 2.60. The van der Waals surface area contributed by atoms with Crippen molar-refractivity contribution in [2.75, 3.05) is 61.5 Å². The first-order valence-electron chi connectivity index (χ1n) is 28.9. The minimum atomic E-state index is -4.00. The summed E-state index contributed by atoms with van der Waals surface area (Å²) < 4.78 is 46.1. The highest BCUT2D eigenvalue weighted by Gasteiger charge is 2.44. The van der Waals surface area contributed by atoms with Crippen LogP contribution in [0.15, 0.2) is 36.4 Å². The van der Waals surface area contributed by atoms with Crippen molar-refractivity contribution in [3.63, 3.8) is 0 Å². The van der Waals surface area contributed by atoms with Gasteiger partial charge in [0.2, 0.25) is 27.7 Å². The number of rotatable bonds is 30. The number of alkyl halides is 2. The molecule has 2 aliphatic heterocycles. The van der Waals surface area contributed by atoms with Crippen molar-refractivity contribution >= 4 is 83.3 Å². The Balaban J connectivity index is 1.22. The number of halogens is 2. The number of carbonyl (C=O) groups excluding carboxylic acids is 7. The summed E-state index contributed by atoms with van der Waals surface area (Å²) in [5.74, 6) is -3.37. The number of nitrogens with one attached hydrogen (secondary N) is 3. The van der Waals surface area contributed by atoms with Crippen LogP contribution in [0.4, 0.5) is 4.79 Å². The molecule has 6 amide bonds. The van der Waals surface area contributed by atoms with Crippen LogP contribution in [-0.4, -0.2) is 178 Å². The van der Waals surface area contributed by atoms with Crippen molar-refractivity contribution in [1.29, 1.82) is 0 Å². The topological polar surface area (TPSA) is 243 Å². The fourth-order valence-corrected chi connectivity index (χ4v) is 13.5. The van der Waals surface area contributed by atoms with E-state index in [0.29, 0.717) is 92.9 Å². The number of hydrogen-bond acceptors (Lipinski definition) is 14. The van der Waals surface area contributed by atoms with Crippen LogP contribution in [0.5, 0.6) is 5.75 Å². The number of piperidine rings is 1. The number of Topliss-reactive ketones (excluding diaryl/α,β-unsaturated/α-hetero) is 1. The average molecular weight is 1300 g/mol. The van der Waals surface area contributed by atoms with Crippen molar-refractivity contribution in [3.05, 3.63) is 58.9 Å². The van der Waals surface area contributed by atoms with Crippen LogP contribution in [-0.2, 0) is 60.6 Å². The zero-order valence-corrected chi connectivity index (χ0v) is 54.1. The number of amides is 6. The number of methoxy groups -OCH3 is 2. The summed E-state index contributed by atoms with van der Waals surface area (Å²) in [6, 6.07) is 7.18. The number of pyridine rings is 1. The molecule has 0 unspecified atom stereocenters. The third-order valence-electron chi connectivity index (χ3n) is 16.6. The fraction of sp³-hybridized carbons (Fsp3) is 0.695. The molecular weight excluding hydrogens is 1200 g/mol. The zero-order valence-electron chi connectivity index (χ0n) is 50.1. The van der Waals surface area contributed by atoms with Gasteiger partial charge in [0.1, 0.15) is 11.8 Å². The van der Waals surface area contributed by atoms with E-state index in [4.69, 9.17) is 14.2 Å². The largest absolute Gasteiger partial charge is 0.415 e. The maximum Gasteiger partial charge on any atom is 0.415 e. The number of likely N-dealkylation sites (N-methyl/N-ethyl adjacent to an activating group) is 2. The van der Waals surface area contributed by atoms with E-state index in [2.05, 4.69) is 52.2 Å². The molecule has 458 valence electrons. The lowest BCUT2D eigenvalue weighted by atomic mass is 9.83. The molecule has 9 atom stereocenters. The second-order valence-corrected chi connectivity index (χ2v) is 26.6. The second-order valence-electron chi connectivity index (χ2n) is 23.5. The molecule has 2 aromatic rings. The molecule has 0 spiro atoms. The van der Waals surface area contributed by atoms with Crippen LogP contribution in [0.25, 0.3) is 0 Å². The Bertz CT molecular complexity index is 2590. The van der Waals surface area contributed by atoms with Crippen LogP contribution in [0.3, 0.4) is 0 Å². The van der Waals surface area contributed by atoms with Gasteiger partial charge in [-0.05, 0) is 106 Å². The number of sulfonamides is 1. The number of ketones is 1. The van der Waals surface area contributed by atoms with Gasteiger partial charge in [-0.25, -0.2) is 13.2 Å². The van der Waals surface area contributed by atoms with Crippen LogP contribution < -0.4 is 20.1 Å². The standard InChI is InChI=1S/C59H90Br2N8O12S/c1-13-37(6)53(67(10)58(75)46(35(2)3)30-49(70)52(36(4)5)66(8)9)50(79-11)31-51(71)69-24-14-15-48(69)54(80-12)38(7)55(72)64-47(57(74)65-82(77,78)45-20-21-45)27-39-16-18-44(19-17-39)81-59(76)68-25-22-40(23-26-68)34-62-56(73)41-28-42(32-60)63-43(29-41)33-61/h16-19,28-29,35-38,40,45-48,50,52-54H,13-15,20-27,30-34H2,1-12H3,(H,62,73)(H,64,72)(H,65,74)/t37-,38+,46-,47-,48-,50+,52-,53-,54+/m0/s1. The lowest BCUT2D eigenvalue weighted by molar-refractivity contribution is -0.149. The first-order chi connectivity index (χ1) is 38.8. The van der Waals surface area contributed by atoms with Crippen LogP contribution >= 0.6 is 31.9 Å². The summed E-state index contributed by atoms with van der Waals surface area (Å²) in [6.07, 6.45) is 1.81. The maximum absolute atomic E-state index is 14.6. The first-order valence-corrected chi connectivity index (χ1v) is 32.7. The van der Waals surface area contributed by atoms with E-state index in [9.17, 15) is 42.0 Å². The van der Waals surface area contributed by atoms with Gasteiger partial charge in [0.25, 0.3) is 11.8 Å². The number of ether oxygens (including phenoxy) is 3. The van der Waals surface area contributed by atoms with Crippen LogP contribution in [0.2, 0.25) is 0 Å². The Morgan fingerprint density at radius 1 is 0.805 bits per heavy atom. The summed E-state index contributed by atoms with van der Waals surface area (Å²) >= 11 is 6.82. The van der Waals surface area contributed by atoms with E-state index in [0.717, 1.165) is 11.4 Å². The van der Waals surface area contributed by atoms with Gasteiger partial charge in [-0.3, -0.25) is 43.4 Å². The number of hydrogen-bond donors (Lipinski definition) is 3. The Morgan fingerprint density at radius 3 is 1.95 bits per heavy atom. The summed E-state index contributed by atoms with van der Waals surface area (Å²) in [7, 11) is 4.46. The Morgan fingerprint density at radius 2 is 1.43 bits per heavy atom. The molecule has 1 aliphatic carbocycles. The van der Waals surface area contributed by atoms with Crippen molar-refractivity contribution in [2.45, 2.75) is 165 Å². The smallest absolute Gasteiger partial charge is 0.410 e. The molecule has 82 heavy (non-hydrogen) atoms. The second kappa shape index (κ2) is 31.5. The van der Waals surface area contributed by atoms with E-state index < -0.39 is 75.4 Å². The van der Waals surface area contributed by atoms with E-state index in [1.807, 2.05) is 60.5 Å². The van der Waals surface area contributed by atoms with Crippen molar-refractivity contribution in [1.82, 2.24) is 39.9 Å². The molecule has 3 heterocycles. The van der Waals surface area contributed by atoms with Crippen molar-refractivity contribution < 1.29 is 56.2 Å². The first kappa shape index (κ1) is 68.2. The monoisotopic (exact) mass is 1290 g/mol. The Kier molecular flexibility index (Phi) is 26.3. The fourth-order valence-electron chi connectivity index (χ4n) is 11.6. The number of likely N-dealkylation sites (tertiary alicyclic amines) is 2. The number of nitrogens with zero attached hydrogens (tertiary/aromatic N) is 5. The molecule has 0 bridgehead atoms. The molecule has 23 heteroatoms. The third-order valence-corrected chi connectivity index (χ3v) is 19.6. The molecule has 2 saturated heterocycles. The number of carbonyl (C=O) groups is 7.